The topological polar surface area (TPSA) is 59.3 Å². The van der Waals surface area contributed by atoms with E-state index in [0.29, 0.717) is 0 Å². The van der Waals surface area contributed by atoms with Crippen molar-refractivity contribution in [3.05, 3.63) is 96.3 Å². The Morgan fingerprint density at radius 2 is 1.72 bits per heavy atom. The molecule has 0 fully saturated rings. The minimum absolute atomic E-state index is 0.215. The number of H-pyrrole nitrogens is 1. The quantitative estimate of drug-likeness (QED) is 0.596. The monoisotopic (exact) mass is 328 g/mol. The molecule has 0 bridgehead atoms. The number of aromatic nitrogens is 2. The van der Waals surface area contributed by atoms with E-state index in [1.165, 1.54) is 0 Å². The summed E-state index contributed by atoms with van der Waals surface area (Å²) in [7, 11) is 0. The number of rotatable bonds is 4. The molecule has 0 radical (unpaired) electrons. The van der Waals surface area contributed by atoms with Crippen LogP contribution in [-0.2, 0) is 0 Å². The van der Waals surface area contributed by atoms with E-state index in [-0.39, 0.29) is 11.8 Å². The molecule has 4 nitrogen and oxygen atoms in total. The van der Waals surface area contributed by atoms with Gasteiger partial charge in [0.25, 0.3) is 5.82 Å². The Balaban J connectivity index is 1.91. The van der Waals surface area contributed by atoms with E-state index < -0.39 is 0 Å². The van der Waals surface area contributed by atoms with Gasteiger partial charge < -0.3 is 5.11 Å². The van der Waals surface area contributed by atoms with Crippen LogP contribution in [0.1, 0.15) is 17.2 Å². The van der Waals surface area contributed by atoms with Crippen LogP contribution in [0.4, 0.5) is 5.82 Å². The summed E-state index contributed by atoms with van der Waals surface area (Å²) in [5, 5.41) is 15.1. The van der Waals surface area contributed by atoms with Gasteiger partial charge in [0.2, 0.25) is 0 Å². The number of nitrogens with zero attached hydrogens (tertiary/aromatic N) is 1. The van der Waals surface area contributed by atoms with E-state index in [0.717, 1.165) is 27.8 Å². The third kappa shape index (κ3) is 3.02. The lowest BCUT2D eigenvalue weighted by Gasteiger charge is -2.18. The van der Waals surface area contributed by atoms with Crippen LogP contribution < -0.4 is 10.3 Å². The largest absolute Gasteiger partial charge is 0.507 e. The van der Waals surface area contributed by atoms with Gasteiger partial charge in [0.1, 0.15) is 11.8 Å². The Bertz CT molecular complexity index is 988. The van der Waals surface area contributed by atoms with Gasteiger partial charge >= 0.3 is 0 Å². The molecule has 4 heteroatoms. The number of hydrogen-bond acceptors (Lipinski definition) is 3. The van der Waals surface area contributed by atoms with Gasteiger partial charge in [0, 0.05) is 23.2 Å². The minimum atomic E-state index is -0.215. The average molecular weight is 328 g/mol. The standard InChI is InChI=1S/C21H17N3O/c25-18-12-11-17-16(9-6-14-22-17)20(18)21(15-7-2-1-3-8-15)24-19-10-4-5-13-23-19/h1-14,21,25H,(H,23,24)/p+1/t21-/m0/s1. The van der Waals surface area contributed by atoms with E-state index in [1.54, 1.807) is 12.3 Å². The van der Waals surface area contributed by atoms with Crippen molar-refractivity contribution in [2.24, 2.45) is 0 Å². The molecule has 0 saturated carbocycles. The smallest absolute Gasteiger partial charge is 0.272 e. The van der Waals surface area contributed by atoms with Crippen molar-refractivity contribution in [2.75, 3.05) is 5.32 Å². The van der Waals surface area contributed by atoms with Gasteiger partial charge in [-0.15, -0.1) is 0 Å². The minimum Gasteiger partial charge on any atom is -0.507 e. The summed E-state index contributed by atoms with van der Waals surface area (Å²) in [5.74, 6) is 1.12. The second kappa shape index (κ2) is 6.61. The zero-order valence-electron chi connectivity index (χ0n) is 13.6. The SMILES string of the molecule is Oc1ccc2ncccc2c1[C@@H](Nc1cccc[nH+]1)c1ccccc1. The Hall–Kier alpha value is -3.40. The zero-order valence-corrected chi connectivity index (χ0v) is 13.6. The van der Waals surface area contributed by atoms with Gasteiger partial charge in [0.15, 0.2) is 0 Å². The molecule has 2 aromatic carbocycles. The average Bonchev–Trinajstić information content (AvgIpc) is 2.68. The lowest BCUT2D eigenvalue weighted by Crippen LogP contribution is -2.19. The summed E-state index contributed by atoms with van der Waals surface area (Å²) in [6.07, 6.45) is 3.63. The molecule has 2 aromatic heterocycles. The summed E-state index contributed by atoms with van der Waals surface area (Å²) >= 11 is 0. The number of hydrogen-bond donors (Lipinski definition) is 2. The van der Waals surface area contributed by atoms with E-state index in [2.05, 4.69) is 27.4 Å². The van der Waals surface area contributed by atoms with Gasteiger partial charge in [-0.1, -0.05) is 42.5 Å². The number of anilines is 1. The molecule has 0 unspecified atom stereocenters. The Morgan fingerprint density at radius 3 is 2.52 bits per heavy atom. The molecule has 1 atom stereocenters. The highest BCUT2D eigenvalue weighted by atomic mass is 16.3. The molecule has 4 rings (SSSR count). The number of aromatic amines is 1. The zero-order chi connectivity index (χ0) is 17.1. The summed E-state index contributed by atoms with van der Waals surface area (Å²) in [5.41, 5.74) is 2.73. The lowest BCUT2D eigenvalue weighted by atomic mass is 9.94. The lowest BCUT2D eigenvalue weighted by molar-refractivity contribution is -0.361. The van der Waals surface area contributed by atoms with Crippen LogP contribution in [0.2, 0.25) is 0 Å². The molecule has 0 aliphatic carbocycles. The summed E-state index contributed by atoms with van der Waals surface area (Å²) in [6, 6.07) is 23.2. The molecule has 2 heterocycles. The maximum Gasteiger partial charge on any atom is 0.272 e. The van der Waals surface area contributed by atoms with Crippen LogP contribution in [0.25, 0.3) is 10.9 Å². The predicted octanol–water partition coefficient (Wildman–Crippen LogP) is 3.96. The van der Waals surface area contributed by atoms with Crippen molar-refractivity contribution in [1.82, 2.24) is 4.98 Å². The van der Waals surface area contributed by atoms with E-state index >= 15 is 0 Å². The fourth-order valence-corrected chi connectivity index (χ4v) is 3.07. The first-order chi connectivity index (χ1) is 12.3. The second-order valence-electron chi connectivity index (χ2n) is 5.83. The van der Waals surface area contributed by atoms with Gasteiger partial charge in [-0.05, 0) is 24.3 Å². The van der Waals surface area contributed by atoms with Crippen molar-refractivity contribution in [2.45, 2.75) is 6.04 Å². The first-order valence-corrected chi connectivity index (χ1v) is 8.18. The number of pyridine rings is 2. The maximum atomic E-state index is 10.6. The van der Waals surface area contributed by atoms with Gasteiger partial charge in [-0.25, -0.2) is 4.98 Å². The molecule has 0 spiro atoms. The fraction of sp³-hybridized carbons (Fsp3) is 0.0476. The Labute approximate surface area is 145 Å². The number of phenolic OH excluding ortho intramolecular Hbond substituents is 1. The molecule has 3 N–H and O–H groups in total. The molecule has 122 valence electrons. The van der Waals surface area contributed by atoms with E-state index in [9.17, 15) is 5.11 Å². The van der Waals surface area contributed by atoms with Crippen LogP contribution >= 0.6 is 0 Å². The van der Waals surface area contributed by atoms with Gasteiger partial charge in [-0.3, -0.25) is 10.3 Å². The molecule has 0 amide bonds. The summed E-state index contributed by atoms with van der Waals surface area (Å²) in [4.78, 5) is 7.62. The Morgan fingerprint density at radius 1 is 0.880 bits per heavy atom. The van der Waals surface area contributed by atoms with Gasteiger partial charge in [0.05, 0.1) is 17.3 Å². The molecular formula is C21H18N3O+. The van der Waals surface area contributed by atoms with Crippen molar-refractivity contribution in [3.63, 3.8) is 0 Å². The van der Waals surface area contributed by atoms with E-state index in [1.807, 2.05) is 60.8 Å². The van der Waals surface area contributed by atoms with Crippen molar-refractivity contribution < 1.29 is 10.1 Å². The third-order valence-electron chi connectivity index (χ3n) is 4.23. The first kappa shape index (κ1) is 15.1. The number of benzene rings is 2. The second-order valence-corrected chi connectivity index (χ2v) is 5.83. The number of phenols is 1. The summed E-state index contributed by atoms with van der Waals surface area (Å²) in [6.45, 7) is 0. The molecule has 4 aromatic rings. The highest BCUT2D eigenvalue weighted by Gasteiger charge is 2.25. The number of nitrogens with one attached hydrogen (secondary N) is 2. The van der Waals surface area contributed by atoms with Crippen LogP contribution in [0, 0.1) is 0 Å². The highest BCUT2D eigenvalue weighted by Crippen LogP contribution is 2.36. The van der Waals surface area contributed by atoms with Crippen LogP contribution in [0.5, 0.6) is 5.75 Å². The number of aromatic hydroxyl groups is 1. The van der Waals surface area contributed by atoms with Crippen molar-refractivity contribution in [1.29, 1.82) is 0 Å². The molecule has 25 heavy (non-hydrogen) atoms. The first-order valence-electron chi connectivity index (χ1n) is 8.18. The summed E-state index contributed by atoms with van der Waals surface area (Å²) < 4.78 is 0. The molecule has 0 saturated heterocycles. The Kier molecular flexibility index (Phi) is 4.01. The van der Waals surface area contributed by atoms with Gasteiger partial charge in [-0.2, -0.15) is 0 Å². The van der Waals surface area contributed by atoms with E-state index in [4.69, 9.17) is 0 Å². The van der Waals surface area contributed by atoms with Crippen LogP contribution in [0.3, 0.4) is 0 Å². The third-order valence-corrected chi connectivity index (χ3v) is 4.23. The van der Waals surface area contributed by atoms with Crippen molar-refractivity contribution in [3.8, 4) is 5.75 Å². The van der Waals surface area contributed by atoms with Crippen LogP contribution in [-0.4, -0.2) is 10.1 Å². The van der Waals surface area contributed by atoms with Crippen LogP contribution in [0.15, 0.2) is 85.2 Å². The number of fused-ring (bicyclic) bond motifs is 1. The molecule has 0 aliphatic heterocycles. The fourth-order valence-electron chi connectivity index (χ4n) is 3.07. The highest BCUT2D eigenvalue weighted by molar-refractivity contribution is 5.85. The normalized spacial score (nSPS) is 12.0. The predicted molar refractivity (Wildman–Crippen MR) is 98.3 cm³/mol. The molecule has 0 aliphatic rings. The molecular weight excluding hydrogens is 310 g/mol. The van der Waals surface area contributed by atoms with Crippen molar-refractivity contribution >= 4 is 16.7 Å². The maximum absolute atomic E-state index is 10.6.